The van der Waals surface area contributed by atoms with E-state index in [9.17, 15) is 0 Å². The minimum Gasteiger partial charge on any atom is -0.325 e. The Morgan fingerprint density at radius 3 is 3.00 bits per heavy atom. The third-order valence-electron chi connectivity index (χ3n) is 2.04. The Morgan fingerprint density at radius 2 is 2.33 bits per heavy atom. The van der Waals surface area contributed by atoms with E-state index in [-0.39, 0.29) is 0 Å². The first-order valence-electron chi connectivity index (χ1n) is 4.60. The number of pyridine rings is 1. The lowest BCUT2D eigenvalue weighted by atomic mass is 10.2. The Morgan fingerprint density at radius 1 is 1.47 bits per heavy atom. The van der Waals surface area contributed by atoms with Gasteiger partial charge in [-0.2, -0.15) is 5.10 Å². The molecule has 0 aliphatic rings. The van der Waals surface area contributed by atoms with Crippen molar-refractivity contribution < 1.29 is 0 Å². The first-order chi connectivity index (χ1) is 7.28. The fraction of sp³-hybridized carbons (Fsp3) is 0.200. The molecule has 0 amide bonds. The van der Waals surface area contributed by atoms with Crippen molar-refractivity contribution in [1.82, 2.24) is 14.8 Å². The van der Waals surface area contributed by atoms with E-state index in [1.807, 2.05) is 29.2 Å². The molecule has 0 aliphatic heterocycles. The van der Waals surface area contributed by atoms with Crippen LogP contribution in [0.1, 0.15) is 11.3 Å². The monoisotopic (exact) mass is 314 g/mol. The molecule has 2 heterocycles. The standard InChI is InChI=1S/C10H11IN4/c11-9-5-14-15(7-9)6-8-1-2-13-10(3-8)4-12/h1-3,5,7H,4,6,12H2. The van der Waals surface area contributed by atoms with Gasteiger partial charge in [0.15, 0.2) is 0 Å². The molecule has 2 aromatic heterocycles. The van der Waals surface area contributed by atoms with E-state index >= 15 is 0 Å². The van der Waals surface area contributed by atoms with Gasteiger partial charge in [0, 0.05) is 18.9 Å². The van der Waals surface area contributed by atoms with Crippen LogP contribution in [0.2, 0.25) is 0 Å². The number of hydrogen-bond donors (Lipinski definition) is 1. The highest BCUT2D eigenvalue weighted by Gasteiger charge is 1.99. The number of hydrogen-bond acceptors (Lipinski definition) is 3. The van der Waals surface area contributed by atoms with Gasteiger partial charge in [-0.25, -0.2) is 0 Å². The van der Waals surface area contributed by atoms with Crippen LogP contribution in [0.3, 0.4) is 0 Å². The first kappa shape index (κ1) is 10.6. The Balaban J connectivity index is 2.16. The summed E-state index contributed by atoms with van der Waals surface area (Å²) in [5, 5.41) is 4.22. The maximum atomic E-state index is 5.53. The van der Waals surface area contributed by atoms with Crippen molar-refractivity contribution in [3.8, 4) is 0 Å². The molecule has 5 heteroatoms. The molecule has 0 aromatic carbocycles. The highest BCUT2D eigenvalue weighted by molar-refractivity contribution is 14.1. The molecular formula is C10H11IN4. The van der Waals surface area contributed by atoms with Gasteiger partial charge in [0.25, 0.3) is 0 Å². The number of aromatic nitrogens is 3. The van der Waals surface area contributed by atoms with E-state index in [2.05, 4.69) is 32.7 Å². The van der Waals surface area contributed by atoms with Gasteiger partial charge in [0.2, 0.25) is 0 Å². The summed E-state index contributed by atoms with van der Waals surface area (Å²) in [6, 6.07) is 3.99. The predicted molar refractivity (Wildman–Crippen MR) is 66.2 cm³/mol. The summed E-state index contributed by atoms with van der Waals surface area (Å²) in [5.74, 6) is 0. The highest BCUT2D eigenvalue weighted by Crippen LogP contribution is 2.06. The van der Waals surface area contributed by atoms with Crippen LogP contribution in [-0.4, -0.2) is 14.8 Å². The van der Waals surface area contributed by atoms with Gasteiger partial charge in [0.1, 0.15) is 0 Å². The molecule has 0 radical (unpaired) electrons. The Bertz CT molecular complexity index is 452. The fourth-order valence-electron chi connectivity index (χ4n) is 1.35. The Labute approximate surface area is 102 Å². The van der Waals surface area contributed by atoms with E-state index in [0.717, 1.165) is 15.8 Å². The van der Waals surface area contributed by atoms with Crippen molar-refractivity contribution in [3.63, 3.8) is 0 Å². The van der Waals surface area contributed by atoms with Crippen LogP contribution < -0.4 is 5.73 Å². The molecule has 0 aliphatic carbocycles. The average molecular weight is 314 g/mol. The molecule has 0 bridgehead atoms. The maximum Gasteiger partial charge on any atom is 0.0661 e. The molecule has 78 valence electrons. The van der Waals surface area contributed by atoms with Crippen LogP contribution in [0.15, 0.2) is 30.7 Å². The summed E-state index contributed by atoms with van der Waals surface area (Å²) in [5.41, 5.74) is 7.61. The van der Waals surface area contributed by atoms with E-state index in [0.29, 0.717) is 6.54 Å². The summed E-state index contributed by atoms with van der Waals surface area (Å²) >= 11 is 2.24. The van der Waals surface area contributed by atoms with Crippen LogP contribution in [0.4, 0.5) is 0 Å². The van der Waals surface area contributed by atoms with Gasteiger partial charge < -0.3 is 5.73 Å². The van der Waals surface area contributed by atoms with Crippen molar-refractivity contribution in [2.45, 2.75) is 13.1 Å². The lowest BCUT2D eigenvalue weighted by molar-refractivity contribution is 0.684. The van der Waals surface area contributed by atoms with Gasteiger partial charge in [-0.1, -0.05) is 0 Å². The zero-order valence-electron chi connectivity index (χ0n) is 8.10. The minimum absolute atomic E-state index is 0.477. The zero-order chi connectivity index (χ0) is 10.7. The van der Waals surface area contributed by atoms with Crippen molar-refractivity contribution >= 4 is 22.6 Å². The molecule has 0 atom stereocenters. The third kappa shape index (κ3) is 2.75. The molecular weight excluding hydrogens is 303 g/mol. The quantitative estimate of drug-likeness (QED) is 0.871. The van der Waals surface area contributed by atoms with E-state index in [4.69, 9.17) is 5.73 Å². The second-order valence-electron chi connectivity index (χ2n) is 3.22. The van der Waals surface area contributed by atoms with Gasteiger partial charge >= 0.3 is 0 Å². The van der Waals surface area contributed by atoms with Crippen molar-refractivity contribution in [2.24, 2.45) is 5.73 Å². The van der Waals surface area contributed by atoms with E-state index < -0.39 is 0 Å². The normalized spacial score (nSPS) is 10.5. The molecule has 0 unspecified atom stereocenters. The summed E-state index contributed by atoms with van der Waals surface area (Å²) in [7, 11) is 0. The smallest absolute Gasteiger partial charge is 0.0661 e. The minimum atomic E-state index is 0.477. The van der Waals surface area contributed by atoms with Crippen LogP contribution >= 0.6 is 22.6 Å². The number of nitrogens with two attached hydrogens (primary N) is 1. The number of nitrogens with zero attached hydrogens (tertiary/aromatic N) is 3. The van der Waals surface area contributed by atoms with Gasteiger partial charge in [-0.15, -0.1) is 0 Å². The van der Waals surface area contributed by atoms with Crippen molar-refractivity contribution in [3.05, 3.63) is 45.6 Å². The van der Waals surface area contributed by atoms with Gasteiger partial charge in [-0.3, -0.25) is 9.67 Å². The van der Waals surface area contributed by atoms with Gasteiger partial charge in [-0.05, 0) is 40.3 Å². The summed E-state index contributed by atoms with van der Waals surface area (Å²) in [6.07, 6.45) is 5.63. The molecule has 0 spiro atoms. The summed E-state index contributed by atoms with van der Waals surface area (Å²) in [6.45, 7) is 1.24. The Hall–Kier alpha value is -0.950. The molecule has 2 aromatic rings. The third-order valence-corrected chi connectivity index (χ3v) is 2.59. The average Bonchev–Trinajstić information content (AvgIpc) is 2.64. The second-order valence-corrected chi connectivity index (χ2v) is 4.46. The highest BCUT2D eigenvalue weighted by atomic mass is 127. The maximum absolute atomic E-state index is 5.53. The van der Waals surface area contributed by atoms with Crippen molar-refractivity contribution in [2.75, 3.05) is 0 Å². The fourth-order valence-corrected chi connectivity index (χ4v) is 1.80. The molecule has 2 N–H and O–H groups in total. The van der Waals surface area contributed by atoms with E-state index in [1.54, 1.807) is 6.20 Å². The lowest BCUT2D eigenvalue weighted by Gasteiger charge is -2.03. The first-order valence-corrected chi connectivity index (χ1v) is 5.67. The SMILES string of the molecule is NCc1cc(Cn2cc(I)cn2)ccn1. The lowest BCUT2D eigenvalue weighted by Crippen LogP contribution is -2.03. The zero-order valence-corrected chi connectivity index (χ0v) is 10.3. The topological polar surface area (TPSA) is 56.7 Å². The number of rotatable bonds is 3. The predicted octanol–water partition coefficient (Wildman–Crippen LogP) is 1.39. The molecule has 0 saturated carbocycles. The largest absolute Gasteiger partial charge is 0.325 e. The molecule has 4 nitrogen and oxygen atoms in total. The van der Waals surface area contributed by atoms with Gasteiger partial charge in [0.05, 0.1) is 22.0 Å². The molecule has 0 saturated heterocycles. The van der Waals surface area contributed by atoms with Crippen LogP contribution in [0, 0.1) is 3.57 Å². The molecule has 2 rings (SSSR count). The molecule has 0 fully saturated rings. The van der Waals surface area contributed by atoms with Crippen molar-refractivity contribution in [1.29, 1.82) is 0 Å². The summed E-state index contributed by atoms with van der Waals surface area (Å²) < 4.78 is 3.04. The van der Waals surface area contributed by atoms with Crippen LogP contribution in [0.25, 0.3) is 0 Å². The van der Waals surface area contributed by atoms with Crippen LogP contribution in [0.5, 0.6) is 0 Å². The summed E-state index contributed by atoms with van der Waals surface area (Å²) in [4.78, 5) is 4.15. The molecule has 15 heavy (non-hydrogen) atoms. The Kier molecular flexibility index (Phi) is 3.32. The number of halogens is 1. The van der Waals surface area contributed by atoms with E-state index in [1.165, 1.54) is 5.56 Å². The second kappa shape index (κ2) is 4.71. The van der Waals surface area contributed by atoms with Crippen LogP contribution in [-0.2, 0) is 13.1 Å².